The minimum atomic E-state index is -0.119. The molecule has 1 amide bonds. The normalized spacial score (nSPS) is 33.5. The van der Waals surface area contributed by atoms with Gasteiger partial charge in [-0.15, -0.1) is 0 Å². The van der Waals surface area contributed by atoms with Gasteiger partial charge in [0.25, 0.3) is 0 Å². The van der Waals surface area contributed by atoms with Crippen LogP contribution in [-0.4, -0.2) is 48.2 Å². The van der Waals surface area contributed by atoms with E-state index in [0.29, 0.717) is 6.54 Å². The number of carbonyl (C=O) groups excluding carboxylic acids is 1. The third kappa shape index (κ3) is 3.69. The Morgan fingerprint density at radius 1 is 1.37 bits per heavy atom. The van der Waals surface area contributed by atoms with E-state index in [1.54, 1.807) is 0 Å². The van der Waals surface area contributed by atoms with Crippen molar-refractivity contribution >= 4 is 5.91 Å². The lowest BCUT2D eigenvalue weighted by Gasteiger charge is -2.33. The second kappa shape index (κ2) is 6.23. The van der Waals surface area contributed by atoms with Gasteiger partial charge in [0.2, 0.25) is 5.91 Å². The van der Waals surface area contributed by atoms with E-state index >= 15 is 0 Å². The monoisotopic (exact) mass is 268 g/mol. The van der Waals surface area contributed by atoms with Crippen molar-refractivity contribution in [2.45, 2.75) is 52.0 Å². The second-order valence-electron chi connectivity index (χ2n) is 6.78. The van der Waals surface area contributed by atoms with Crippen LogP contribution in [0.1, 0.15) is 46.0 Å². The minimum Gasteiger partial charge on any atom is -0.396 e. The zero-order chi connectivity index (χ0) is 13.9. The predicted octanol–water partition coefficient (Wildman–Crippen LogP) is 1.39. The van der Waals surface area contributed by atoms with Crippen LogP contribution in [0, 0.1) is 11.3 Å². The van der Waals surface area contributed by atoms with E-state index in [0.717, 1.165) is 38.3 Å². The number of hydrogen-bond donors (Lipinski definition) is 2. The Morgan fingerprint density at radius 3 is 2.68 bits per heavy atom. The Labute approximate surface area is 116 Å². The molecule has 1 saturated heterocycles. The molecule has 2 N–H and O–H groups in total. The van der Waals surface area contributed by atoms with Crippen LogP contribution < -0.4 is 5.32 Å². The second-order valence-corrected chi connectivity index (χ2v) is 6.78. The number of carbonyl (C=O) groups is 1. The molecule has 2 rings (SSSR count). The summed E-state index contributed by atoms with van der Waals surface area (Å²) < 4.78 is 0. The highest BCUT2D eigenvalue weighted by atomic mass is 16.3. The van der Waals surface area contributed by atoms with Gasteiger partial charge in [-0.05, 0) is 44.7 Å². The molecular weight excluding hydrogens is 240 g/mol. The highest BCUT2D eigenvalue weighted by Crippen LogP contribution is 2.37. The summed E-state index contributed by atoms with van der Waals surface area (Å²) in [7, 11) is 0. The van der Waals surface area contributed by atoms with Gasteiger partial charge in [-0.2, -0.15) is 0 Å². The van der Waals surface area contributed by atoms with Crippen LogP contribution in [0.3, 0.4) is 0 Å². The van der Waals surface area contributed by atoms with E-state index in [1.165, 1.54) is 12.8 Å². The van der Waals surface area contributed by atoms with Crippen molar-refractivity contribution in [3.8, 4) is 0 Å². The fourth-order valence-corrected chi connectivity index (χ4v) is 3.33. The first kappa shape index (κ1) is 14.8. The fraction of sp³-hybridized carbons (Fsp3) is 0.933. The maximum Gasteiger partial charge on any atom is 0.234 e. The minimum absolute atomic E-state index is 0.119. The van der Waals surface area contributed by atoms with Crippen LogP contribution in [-0.2, 0) is 4.79 Å². The van der Waals surface area contributed by atoms with E-state index in [-0.39, 0.29) is 24.0 Å². The van der Waals surface area contributed by atoms with Gasteiger partial charge in [-0.3, -0.25) is 9.69 Å². The summed E-state index contributed by atoms with van der Waals surface area (Å²) in [5.74, 6) is 0.924. The average Bonchev–Trinajstić information content (AvgIpc) is 2.74. The molecule has 4 nitrogen and oxygen atoms in total. The van der Waals surface area contributed by atoms with Gasteiger partial charge in [-0.25, -0.2) is 0 Å². The third-order valence-electron chi connectivity index (χ3n) is 5.02. The van der Waals surface area contributed by atoms with Crippen LogP contribution in [0.15, 0.2) is 0 Å². The van der Waals surface area contributed by atoms with Crippen LogP contribution in [0.5, 0.6) is 0 Å². The van der Waals surface area contributed by atoms with E-state index < -0.39 is 0 Å². The molecule has 0 radical (unpaired) electrons. The molecule has 0 spiro atoms. The summed E-state index contributed by atoms with van der Waals surface area (Å²) in [6, 6.07) is 0.147. The molecule has 0 aromatic rings. The van der Waals surface area contributed by atoms with Crippen molar-refractivity contribution in [1.82, 2.24) is 10.2 Å². The zero-order valence-corrected chi connectivity index (χ0v) is 12.3. The van der Waals surface area contributed by atoms with Gasteiger partial charge in [-0.1, -0.05) is 20.3 Å². The number of nitrogens with one attached hydrogen (secondary N) is 1. The van der Waals surface area contributed by atoms with Crippen molar-refractivity contribution in [2.75, 3.05) is 26.2 Å². The first-order valence-electron chi connectivity index (χ1n) is 7.66. The first-order valence-corrected chi connectivity index (χ1v) is 7.66. The number of aliphatic hydroxyl groups excluding tert-OH is 1. The summed E-state index contributed by atoms with van der Waals surface area (Å²) in [4.78, 5) is 14.4. The Morgan fingerprint density at radius 2 is 2.05 bits per heavy atom. The van der Waals surface area contributed by atoms with Crippen molar-refractivity contribution in [2.24, 2.45) is 11.3 Å². The standard InChI is InChI=1S/C15H28N2O2/c1-12-5-8-17(9-6-12)10-14(19)16-13-4-3-7-15(13,2)11-18/h12-13,18H,3-11H2,1-2H3,(H,16,19). The van der Waals surface area contributed by atoms with Crippen LogP contribution in [0.2, 0.25) is 0 Å². The quantitative estimate of drug-likeness (QED) is 0.810. The van der Waals surface area contributed by atoms with E-state index in [1.807, 2.05) is 0 Å². The number of piperidine rings is 1. The molecule has 1 aliphatic heterocycles. The molecular formula is C15H28N2O2. The molecule has 1 heterocycles. The molecule has 1 saturated carbocycles. The summed E-state index contributed by atoms with van der Waals surface area (Å²) in [5, 5.41) is 12.6. The molecule has 1 aliphatic carbocycles. The zero-order valence-electron chi connectivity index (χ0n) is 12.3. The molecule has 4 heteroatoms. The Kier molecular flexibility index (Phi) is 4.85. The smallest absolute Gasteiger partial charge is 0.234 e. The SMILES string of the molecule is CC1CCN(CC(=O)NC2CCCC2(C)CO)CC1. The van der Waals surface area contributed by atoms with Crippen LogP contribution in [0.25, 0.3) is 0 Å². The number of aliphatic hydroxyl groups is 1. The van der Waals surface area contributed by atoms with Crippen molar-refractivity contribution in [3.63, 3.8) is 0 Å². The van der Waals surface area contributed by atoms with Crippen LogP contribution >= 0.6 is 0 Å². The number of nitrogens with zero attached hydrogens (tertiary/aromatic N) is 1. The highest BCUT2D eigenvalue weighted by Gasteiger charge is 2.39. The van der Waals surface area contributed by atoms with Gasteiger partial charge in [0.05, 0.1) is 13.2 Å². The lowest BCUT2D eigenvalue weighted by atomic mass is 9.86. The van der Waals surface area contributed by atoms with E-state index in [4.69, 9.17) is 0 Å². The number of hydrogen-bond acceptors (Lipinski definition) is 3. The summed E-state index contributed by atoms with van der Waals surface area (Å²) >= 11 is 0. The third-order valence-corrected chi connectivity index (χ3v) is 5.02. The van der Waals surface area contributed by atoms with Gasteiger partial charge in [0.1, 0.15) is 0 Å². The van der Waals surface area contributed by atoms with Crippen molar-refractivity contribution in [1.29, 1.82) is 0 Å². The van der Waals surface area contributed by atoms with Gasteiger partial charge < -0.3 is 10.4 Å². The number of amides is 1. The topological polar surface area (TPSA) is 52.6 Å². The molecule has 19 heavy (non-hydrogen) atoms. The summed E-state index contributed by atoms with van der Waals surface area (Å²) in [6.07, 6.45) is 5.51. The lowest BCUT2D eigenvalue weighted by molar-refractivity contribution is -0.124. The maximum atomic E-state index is 12.1. The Hall–Kier alpha value is -0.610. The summed E-state index contributed by atoms with van der Waals surface area (Å²) in [6.45, 7) is 7.12. The van der Waals surface area contributed by atoms with Crippen LogP contribution in [0.4, 0.5) is 0 Å². The largest absolute Gasteiger partial charge is 0.396 e. The molecule has 2 unspecified atom stereocenters. The predicted molar refractivity (Wildman–Crippen MR) is 75.8 cm³/mol. The van der Waals surface area contributed by atoms with Crippen molar-refractivity contribution < 1.29 is 9.90 Å². The van der Waals surface area contributed by atoms with E-state index in [9.17, 15) is 9.90 Å². The van der Waals surface area contributed by atoms with E-state index in [2.05, 4.69) is 24.1 Å². The molecule has 0 aromatic heterocycles. The Bertz CT molecular complexity index is 313. The summed E-state index contributed by atoms with van der Waals surface area (Å²) in [5.41, 5.74) is -0.119. The first-order chi connectivity index (χ1) is 9.03. The number of likely N-dealkylation sites (tertiary alicyclic amines) is 1. The Balaban J connectivity index is 1.78. The van der Waals surface area contributed by atoms with Crippen molar-refractivity contribution in [3.05, 3.63) is 0 Å². The maximum absolute atomic E-state index is 12.1. The van der Waals surface area contributed by atoms with Gasteiger partial charge in [0.15, 0.2) is 0 Å². The highest BCUT2D eigenvalue weighted by molar-refractivity contribution is 5.78. The molecule has 0 aromatic carbocycles. The molecule has 2 atom stereocenters. The molecule has 2 fully saturated rings. The van der Waals surface area contributed by atoms with Gasteiger partial charge in [0, 0.05) is 11.5 Å². The molecule has 2 aliphatic rings. The lowest BCUT2D eigenvalue weighted by Crippen LogP contribution is -2.49. The average molecular weight is 268 g/mol. The molecule has 0 bridgehead atoms. The molecule has 110 valence electrons. The number of rotatable bonds is 4. The fourth-order valence-electron chi connectivity index (χ4n) is 3.33. The van der Waals surface area contributed by atoms with Gasteiger partial charge >= 0.3 is 0 Å².